The highest BCUT2D eigenvalue weighted by molar-refractivity contribution is 5.99. The predicted octanol–water partition coefficient (Wildman–Crippen LogP) is 1.76. The van der Waals surface area contributed by atoms with E-state index in [4.69, 9.17) is 4.74 Å². The van der Waals surface area contributed by atoms with E-state index >= 15 is 0 Å². The molecule has 1 fully saturated rings. The molecule has 1 N–H and O–H groups in total. The molecule has 1 aromatic heterocycles. The van der Waals surface area contributed by atoms with Gasteiger partial charge in [0.05, 0.1) is 36.7 Å². The number of hydrogen-bond acceptors (Lipinski definition) is 4. The van der Waals surface area contributed by atoms with Gasteiger partial charge in [0.1, 0.15) is 0 Å². The normalized spacial score (nSPS) is 19.3. The van der Waals surface area contributed by atoms with Gasteiger partial charge in [0, 0.05) is 19.3 Å². The van der Waals surface area contributed by atoms with Crippen LogP contribution in [0.5, 0.6) is 0 Å². The molecule has 1 atom stereocenters. The van der Waals surface area contributed by atoms with Crippen LogP contribution in [0, 0.1) is 0 Å². The van der Waals surface area contributed by atoms with E-state index in [0.29, 0.717) is 25.3 Å². The standard InChI is InChI=1S/C14H21N3O2/c1-3-11-10-19-8-7-17(11)14(18)12-5-6-15-9-13(12)16-4-2/h5-6,9,11,16H,3-4,7-8,10H2,1-2H3. The minimum atomic E-state index is 0.0634. The summed E-state index contributed by atoms with van der Waals surface area (Å²) in [4.78, 5) is 18.7. The van der Waals surface area contributed by atoms with Crippen LogP contribution < -0.4 is 5.32 Å². The van der Waals surface area contributed by atoms with Crippen molar-refractivity contribution in [1.82, 2.24) is 9.88 Å². The van der Waals surface area contributed by atoms with E-state index in [1.165, 1.54) is 0 Å². The number of anilines is 1. The van der Waals surface area contributed by atoms with Gasteiger partial charge in [-0.1, -0.05) is 6.92 Å². The van der Waals surface area contributed by atoms with Crippen LogP contribution in [-0.2, 0) is 4.74 Å². The maximum atomic E-state index is 12.7. The van der Waals surface area contributed by atoms with Gasteiger partial charge in [-0.15, -0.1) is 0 Å². The molecule has 1 aliphatic heterocycles. The Kier molecular flexibility index (Phi) is 4.74. The summed E-state index contributed by atoms with van der Waals surface area (Å²) < 4.78 is 5.45. The number of amides is 1. The molecule has 0 saturated carbocycles. The average molecular weight is 263 g/mol. The van der Waals surface area contributed by atoms with Gasteiger partial charge >= 0.3 is 0 Å². The van der Waals surface area contributed by atoms with E-state index in [2.05, 4.69) is 17.2 Å². The number of carbonyl (C=O) groups is 1. The number of rotatable bonds is 4. The van der Waals surface area contributed by atoms with Gasteiger partial charge in [0.2, 0.25) is 0 Å². The number of nitrogens with one attached hydrogen (secondary N) is 1. The van der Waals surface area contributed by atoms with Crippen molar-refractivity contribution in [2.45, 2.75) is 26.3 Å². The molecule has 0 radical (unpaired) electrons. The Balaban J connectivity index is 2.22. The summed E-state index contributed by atoms with van der Waals surface area (Å²) in [6.07, 6.45) is 4.28. The van der Waals surface area contributed by atoms with Gasteiger partial charge < -0.3 is 15.0 Å². The van der Waals surface area contributed by atoms with Crippen molar-refractivity contribution in [3.05, 3.63) is 24.0 Å². The van der Waals surface area contributed by atoms with Crippen molar-refractivity contribution in [2.24, 2.45) is 0 Å². The van der Waals surface area contributed by atoms with Crippen LogP contribution in [0.3, 0.4) is 0 Å². The summed E-state index contributed by atoms with van der Waals surface area (Å²) in [5.74, 6) is 0.0634. The number of hydrogen-bond donors (Lipinski definition) is 1. The minimum Gasteiger partial charge on any atom is -0.383 e. The van der Waals surface area contributed by atoms with E-state index in [1.807, 2.05) is 11.8 Å². The molecule has 1 aliphatic rings. The van der Waals surface area contributed by atoms with Crippen LogP contribution in [-0.4, -0.2) is 48.1 Å². The zero-order valence-corrected chi connectivity index (χ0v) is 11.6. The fourth-order valence-corrected chi connectivity index (χ4v) is 2.33. The molecule has 1 amide bonds. The molecule has 104 valence electrons. The van der Waals surface area contributed by atoms with Gasteiger partial charge in [0.15, 0.2) is 0 Å². The van der Waals surface area contributed by atoms with Gasteiger partial charge in [-0.2, -0.15) is 0 Å². The monoisotopic (exact) mass is 263 g/mol. The summed E-state index contributed by atoms with van der Waals surface area (Å²) in [6.45, 7) is 6.76. The van der Waals surface area contributed by atoms with Crippen molar-refractivity contribution in [1.29, 1.82) is 0 Å². The van der Waals surface area contributed by atoms with E-state index in [1.54, 1.807) is 18.5 Å². The first-order valence-corrected chi connectivity index (χ1v) is 6.84. The van der Waals surface area contributed by atoms with Crippen LogP contribution in [0.15, 0.2) is 18.5 Å². The molecular weight excluding hydrogens is 242 g/mol. The zero-order chi connectivity index (χ0) is 13.7. The summed E-state index contributed by atoms with van der Waals surface area (Å²) in [5.41, 5.74) is 1.49. The molecule has 2 heterocycles. The number of nitrogens with zero attached hydrogens (tertiary/aromatic N) is 2. The Morgan fingerprint density at radius 2 is 2.42 bits per heavy atom. The fourth-order valence-electron chi connectivity index (χ4n) is 2.33. The largest absolute Gasteiger partial charge is 0.383 e. The van der Waals surface area contributed by atoms with E-state index in [9.17, 15) is 4.79 Å². The van der Waals surface area contributed by atoms with Gasteiger partial charge in [-0.3, -0.25) is 9.78 Å². The van der Waals surface area contributed by atoms with Crippen LogP contribution in [0.25, 0.3) is 0 Å². The average Bonchev–Trinajstić information content (AvgIpc) is 2.47. The van der Waals surface area contributed by atoms with Crippen LogP contribution in [0.1, 0.15) is 30.6 Å². The van der Waals surface area contributed by atoms with Crippen molar-refractivity contribution in [3.8, 4) is 0 Å². The third-order valence-electron chi connectivity index (χ3n) is 3.38. The first kappa shape index (κ1) is 13.8. The molecule has 19 heavy (non-hydrogen) atoms. The molecule has 1 aromatic rings. The first-order chi connectivity index (χ1) is 9.27. The summed E-state index contributed by atoms with van der Waals surface area (Å²) in [7, 11) is 0. The first-order valence-electron chi connectivity index (χ1n) is 6.84. The van der Waals surface area contributed by atoms with Gasteiger partial charge in [-0.25, -0.2) is 0 Å². The van der Waals surface area contributed by atoms with Crippen molar-refractivity contribution >= 4 is 11.6 Å². The van der Waals surface area contributed by atoms with Gasteiger partial charge in [-0.05, 0) is 19.4 Å². The number of morpholine rings is 1. The van der Waals surface area contributed by atoms with Crippen molar-refractivity contribution in [2.75, 3.05) is 31.6 Å². The van der Waals surface area contributed by atoms with E-state index < -0.39 is 0 Å². The SMILES string of the molecule is CCNc1cnccc1C(=O)N1CCOCC1CC. The second kappa shape index (κ2) is 6.52. The molecule has 2 rings (SSSR count). The Hall–Kier alpha value is -1.62. The van der Waals surface area contributed by atoms with E-state index in [-0.39, 0.29) is 11.9 Å². The lowest BCUT2D eigenvalue weighted by atomic mass is 10.1. The second-order valence-electron chi connectivity index (χ2n) is 4.59. The summed E-state index contributed by atoms with van der Waals surface area (Å²) in [6, 6.07) is 1.95. The molecule has 5 heteroatoms. The highest BCUT2D eigenvalue weighted by atomic mass is 16.5. The molecular formula is C14H21N3O2. The summed E-state index contributed by atoms with van der Waals surface area (Å²) >= 11 is 0. The fraction of sp³-hybridized carbons (Fsp3) is 0.571. The van der Waals surface area contributed by atoms with Crippen LogP contribution >= 0.6 is 0 Å². The molecule has 0 aliphatic carbocycles. The number of pyridine rings is 1. The zero-order valence-electron chi connectivity index (χ0n) is 11.6. The van der Waals surface area contributed by atoms with E-state index in [0.717, 1.165) is 18.7 Å². The molecule has 0 bridgehead atoms. The highest BCUT2D eigenvalue weighted by Crippen LogP contribution is 2.19. The van der Waals surface area contributed by atoms with Crippen LogP contribution in [0.2, 0.25) is 0 Å². The topological polar surface area (TPSA) is 54.5 Å². The Bertz CT molecular complexity index is 436. The lowest BCUT2D eigenvalue weighted by Gasteiger charge is -2.35. The Morgan fingerprint density at radius 3 is 3.16 bits per heavy atom. The molecule has 0 aromatic carbocycles. The second-order valence-corrected chi connectivity index (χ2v) is 4.59. The predicted molar refractivity (Wildman–Crippen MR) is 74.3 cm³/mol. The molecule has 1 saturated heterocycles. The lowest BCUT2D eigenvalue weighted by Crippen LogP contribution is -2.48. The maximum Gasteiger partial charge on any atom is 0.256 e. The van der Waals surface area contributed by atoms with Crippen molar-refractivity contribution < 1.29 is 9.53 Å². The quantitative estimate of drug-likeness (QED) is 0.899. The van der Waals surface area contributed by atoms with Gasteiger partial charge in [0.25, 0.3) is 5.91 Å². The number of carbonyl (C=O) groups excluding carboxylic acids is 1. The third kappa shape index (κ3) is 3.04. The minimum absolute atomic E-state index is 0.0634. The maximum absolute atomic E-state index is 12.7. The molecule has 1 unspecified atom stereocenters. The third-order valence-corrected chi connectivity index (χ3v) is 3.38. The lowest BCUT2D eigenvalue weighted by molar-refractivity contribution is -0.00275. The van der Waals surface area contributed by atoms with Crippen molar-refractivity contribution in [3.63, 3.8) is 0 Å². The molecule has 5 nitrogen and oxygen atoms in total. The highest BCUT2D eigenvalue weighted by Gasteiger charge is 2.27. The Morgan fingerprint density at radius 1 is 1.58 bits per heavy atom. The van der Waals surface area contributed by atoms with Crippen LogP contribution in [0.4, 0.5) is 5.69 Å². The smallest absolute Gasteiger partial charge is 0.256 e. The Labute approximate surface area is 114 Å². The summed E-state index contributed by atoms with van der Waals surface area (Å²) in [5, 5.41) is 3.19. The number of aromatic nitrogens is 1. The number of ether oxygens (including phenoxy) is 1. The molecule has 0 spiro atoms.